The molecule has 0 heterocycles. The van der Waals surface area contributed by atoms with Crippen molar-refractivity contribution < 1.29 is 4.74 Å². The van der Waals surface area contributed by atoms with Gasteiger partial charge in [0.05, 0.1) is 12.7 Å². The van der Waals surface area contributed by atoms with Crippen LogP contribution < -0.4 is 5.32 Å². The molecular weight excluding hydrogens is 246 g/mol. The summed E-state index contributed by atoms with van der Waals surface area (Å²) in [6, 6.07) is 0.604. The van der Waals surface area contributed by atoms with Gasteiger partial charge in [0.2, 0.25) is 0 Å². The molecule has 0 spiro atoms. The van der Waals surface area contributed by atoms with Crippen molar-refractivity contribution in [1.82, 2.24) is 5.32 Å². The van der Waals surface area contributed by atoms with Crippen molar-refractivity contribution in [3.63, 3.8) is 0 Å². The number of hydrogen-bond acceptors (Lipinski definition) is 2. The average molecular weight is 281 g/mol. The summed E-state index contributed by atoms with van der Waals surface area (Å²) < 4.78 is 6.31. The fraction of sp³-hybridized carbons (Fsp3) is 1.00. The molecule has 2 heteroatoms. The van der Waals surface area contributed by atoms with Crippen molar-refractivity contribution in [2.24, 2.45) is 17.8 Å². The van der Waals surface area contributed by atoms with E-state index in [1.165, 1.54) is 51.4 Å². The van der Waals surface area contributed by atoms with Crippen LogP contribution in [0.5, 0.6) is 0 Å². The molecule has 2 nitrogen and oxygen atoms in total. The monoisotopic (exact) mass is 281 g/mol. The van der Waals surface area contributed by atoms with E-state index in [4.69, 9.17) is 4.74 Å². The molecule has 4 atom stereocenters. The van der Waals surface area contributed by atoms with Gasteiger partial charge in [-0.1, -0.05) is 33.6 Å². The van der Waals surface area contributed by atoms with E-state index in [0.717, 1.165) is 30.9 Å². The van der Waals surface area contributed by atoms with Crippen LogP contribution in [-0.2, 0) is 4.74 Å². The van der Waals surface area contributed by atoms with Gasteiger partial charge in [0.1, 0.15) is 0 Å². The Morgan fingerprint density at radius 1 is 1.05 bits per heavy atom. The second-order valence-corrected chi connectivity index (χ2v) is 7.33. The smallest absolute Gasteiger partial charge is 0.0626 e. The highest BCUT2D eigenvalue weighted by atomic mass is 16.5. The summed E-state index contributed by atoms with van der Waals surface area (Å²) >= 11 is 0. The SMILES string of the molecule is CCCNC(COC1CCC(C)C(C)C1)C1CCCC1. The molecule has 0 aromatic rings. The van der Waals surface area contributed by atoms with Crippen LogP contribution in [0.25, 0.3) is 0 Å². The maximum atomic E-state index is 6.31. The van der Waals surface area contributed by atoms with E-state index in [2.05, 4.69) is 26.1 Å². The summed E-state index contributed by atoms with van der Waals surface area (Å²) in [7, 11) is 0. The molecule has 2 saturated carbocycles. The highest BCUT2D eigenvalue weighted by Crippen LogP contribution is 2.32. The molecule has 0 aromatic carbocycles. The lowest BCUT2D eigenvalue weighted by Gasteiger charge is -2.34. The van der Waals surface area contributed by atoms with E-state index in [1.54, 1.807) is 0 Å². The molecule has 0 amide bonds. The maximum Gasteiger partial charge on any atom is 0.0626 e. The van der Waals surface area contributed by atoms with Gasteiger partial charge in [-0.15, -0.1) is 0 Å². The first-order valence-corrected chi connectivity index (χ1v) is 9.05. The summed E-state index contributed by atoms with van der Waals surface area (Å²) in [5.41, 5.74) is 0. The first kappa shape index (κ1) is 16.3. The summed E-state index contributed by atoms with van der Waals surface area (Å²) in [4.78, 5) is 0. The number of ether oxygens (including phenoxy) is 1. The summed E-state index contributed by atoms with van der Waals surface area (Å²) in [5.74, 6) is 2.59. The summed E-state index contributed by atoms with van der Waals surface area (Å²) in [5, 5.41) is 3.75. The van der Waals surface area contributed by atoms with Crippen LogP contribution in [0.15, 0.2) is 0 Å². The van der Waals surface area contributed by atoms with Gasteiger partial charge in [-0.05, 0) is 62.8 Å². The molecule has 0 radical (unpaired) electrons. The second kappa shape index (κ2) is 8.38. The van der Waals surface area contributed by atoms with E-state index in [-0.39, 0.29) is 0 Å². The molecule has 2 rings (SSSR count). The number of hydrogen-bond donors (Lipinski definition) is 1. The molecule has 0 aliphatic heterocycles. The minimum atomic E-state index is 0.522. The lowest BCUT2D eigenvalue weighted by atomic mass is 9.80. The van der Waals surface area contributed by atoms with Gasteiger partial charge in [0, 0.05) is 6.04 Å². The molecule has 4 unspecified atom stereocenters. The van der Waals surface area contributed by atoms with E-state index < -0.39 is 0 Å². The molecule has 0 saturated heterocycles. The first-order valence-electron chi connectivity index (χ1n) is 9.05. The normalized spacial score (nSPS) is 33.5. The maximum absolute atomic E-state index is 6.31. The highest BCUT2D eigenvalue weighted by molar-refractivity contribution is 4.82. The van der Waals surface area contributed by atoms with Gasteiger partial charge >= 0.3 is 0 Å². The van der Waals surface area contributed by atoms with Crippen LogP contribution in [0.3, 0.4) is 0 Å². The van der Waals surface area contributed by atoms with Crippen molar-refractivity contribution in [3.05, 3.63) is 0 Å². The van der Waals surface area contributed by atoms with Crippen LogP contribution >= 0.6 is 0 Å². The predicted octanol–water partition coefficient (Wildman–Crippen LogP) is 4.39. The van der Waals surface area contributed by atoms with Gasteiger partial charge in [0.25, 0.3) is 0 Å². The zero-order chi connectivity index (χ0) is 14.4. The van der Waals surface area contributed by atoms with Crippen molar-refractivity contribution in [2.45, 2.75) is 84.3 Å². The molecule has 2 fully saturated rings. The summed E-state index contributed by atoms with van der Waals surface area (Å²) in [6.07, 6.45) is 11.3. The third kappa shape index (κ3) is 4.73. The molecule has 2 aliphatic carbocycles. The van der Waals surface area contributed by atoms with Crippen LogP contribution in [-0.4, -0.2) is 25.3 Å². The fourth-order valence-corrected chi connectivity index (χ4v) is 3.94. The topological polar surface area (TPSA) is 21.3 Å². The fourth-order valence-electron chi connectivity index (χ4n) is 3.94. The zero-order valence-corrected chi connectivity index (χ0v) is 13.9. The van der Waals surface area contributed by atoms with E-state index in [9.17, 15) is 0 Å². The minimum Gasteiger partial charge on any atom is -0.377 e. The molecule has 0 aromatic heterocycles. The van der Waals surface area contributed by atoms with E-state index in [0.29, 0.717) is 12.1 Å². The molecule has 0 bridgehead atoms. The van der Waals surface area contributed by atoms with Crippen molar-refractivity contribution >= 4 is 0 Å². The third-order valence-electron chi connectivity index (χ3n) is 5.69. The van der Waals surface area contributed by atoms with Crippen molar-refractivity contribution in [1.29, 1.82) is 0 Å². The Morgan fingerprint density at radius 3 is 2.45 bits per heavy atom. The Labute approximate surface area is 126 Å². The molecule has 2 aliphatic rings. The van der Waals surface area contributed by atoms with Gasteiger partial charge in [-0.3, -0.25) is 0 Å². The van der Waals surface area contributed by atoms with Gasteiger partial charge in [-0.25, -0.2) is 0 Å². The quantitative estimate of drug-likeness (QED) is 0.747. The average Bonchev–Trinajstić information content (AvgIpc) is 2.97. The molecule has 118 valence electrons. The minimum absolute atomic E-state index is 0.522. The Hall–Kier alpha value is -0.0800. The number of rotatable bonds is 7. The standard InChI is InChI=1S/C18H35NO/c1-4-11-19-18(16-7-5-6-8-16)13-20-17-10-9-14(2)15(3)12-17/h14-19H,4-13H2,1-3H3. The van der Waals surface area contributed by atoms with Crippen LogP contribution in [0, 0.1) is 17.8 Å². The van der Waals surface area contributed by atoms with Gasteiger partial charge < -0.3 is 10.1 Å². The van der Waals surface area contributed by atoms with Gasteiger partial charge in [0.15, 0.2) is 0 Å². The zero-order valence-electron chi connectivity index (χ0n) is 13.9. The van der Waals surface area contributed by atoms with Crippen LogP contribution in [0.2, 0.25) is 0 Å². The van der Waals surface area contributed by atoms with Crippen LogP contribution in [0.1, 0.15) is 72.1 Å². The van der Waals surface area contributed by atoms with Crippen molar-refractivity contribution in [2.75, 3.05) is 13.2 Å². The summed E-state index contributed by atoms with van der Waals surface area (Å²) in [6.45, 7) is 9.12. The first-order chi connectivity index (χ1) is 9.70. The predicted molar refractivity (Wildman–Crippen MR) is 86.0 cm³/mol. The van der Waals surface area contributed by atoms with E-state index in [1.807, 2.05) is 0 Å². The van der Waals surface area contributed by atoms with E-state index >= 15 is 0 Å². The number of nitrogens with one attached hydrogen (secondary N) is 1. The molecular formula is C18H35NO. The lowest BCUT2D eigenvalue weighted by Crippen LogP contribution is -2.41. The Kier molecular flexibility index (Phi) is 6.83. The molecule has 20 heavy (non-hydrogen) atoms. The lowest BCUT2D eigenvalue weighted by molar-refractivity contribution is -0.0139. The Bertz CT molecular complexity index is 262. The Morgan fingerprint density at radius 2 is 1.80 bits per heavy atom. The Balaban J connectivity index is 1.75. The largest absolute Gasteiger partial charge is 0.377 e. The highest BCUT2D eigenvalue weighted by Gasteiger charge is 2.28. The molecule has 1 N–H and O–H groups in total. The van der Waals surface area contributed by atoms with Crippen molar-refractivity contribution in [3.8, 4) is 0 Å². The third-order valence-corrected chi connectivity index (χ3v) is 5.69. The van der Waals surface area contributed by atoms with Crippen LogP contribution in [0.4, 0.5) is 0 Å². The second-order valence-electron chi connectivity index (χ2n) is 7.33. The van der Waals surface area contributed by atoms with Gasteiger partial charge in [-0.2, -0.15) is 0 Å².